The Hall–Kier alpha value is -1.26. The fourth-order valence-corrected chi connectivity index (χ4v) is 1.53. The van der Waals surface area contributed by atoms with Crippen LogP contribution in [0.1, 0.15) is 25.5 Å². The molecule has 0 aliphatic heterocycles. The van der Waals surface area contributed by atoms with E-state index in [-0.39, 0.29) is 11.7 Å². The maximum atomic E-state index is 9.86. The van der Waals surface area contributed by atoms with Crippen LogP contribution in [0.5, 0.6) is 11.5 Å². The first-order valence-corrected chi connectivity index (χ1v) is 5.28. The fraction of sp³-hybridized carbons (Fsp3) is 0.500. The first kappa shape index (κ1) is 12.8. The molecule has 4 heteroatoms. The molecule has 0 radical (unpaired) electrons. The predicted molar refractivity (Wildman–Crippen MR) is 62.4 cm³/mol. The van der Waals surface area contributed by atoms with Gasteiger partial charge in [0.2, 0.25) is 0 Å². The third-order valence-electron chi connectivity index (χ3n) is 2.64. The van der Waals surface area contributed by atoms with E-state index in [0.717, 1.165) is 0 Å². The minimum atomic E-state index is -0.696. The van der Waals surface area contributed by atoms with Crippen LogP contribution in [-0.2, 0) is 0 Å². The molecule has 0 heterocycles. The Kier molecular flexibility index (Phi) is 4.15. The molecule has 4 nitrogen and oxygen atoms in total. The normalized spacial score (nSPS) is 14.9. The van der Waals surface area contributed by atoms with Gasteiger partial charge in [-0.2, -0.15) is 0 Å². The van der Waals surface area contributed by atoms with Gasteiger partial charge in [-0.15, -0.1) is 0 Å². The van der Waals surface area contributed by atoms with Gasteiger partial charge < -0.3 is 20.7 Å². The van der Waals surface area contributed by atoms with E-state index in [0.29, 0.717) is 11.3 Å². The van der Waals surface area contributed by atoms with Crippen molar-refractivity contribution in [3.05, 3.63) is 23.8 Å². The van der Waals surface area contributed by atoms with E-state index in [9.17, 15) is 10.2 Å². The Morgan fingerprint density at radius 2 is 1.94 bits per heavy atom. The van der Waals surface area contributed by atoms with Gasteiger partial charge in [-0.25, -0.2) is 0 Å². The molecule has 0 aliphatic rings. The van der Waals surface area contributed by atoms with Crippen molar-refractivity contribution in [3.63, 3.8) is 0 Å². The summed E-state index contributed by atoms with van der Waals surface area (Å²) < 4.78 is 5.05. The number of nitrogens with two attached hydrogens (primary N) is 1. The number of aromatic hydroxyl groups is 1. The summed E-state index contributed by atoms with van der Waals surface area (Å²) >= 11 is 0. The highest BCUT2D eigenvalue weighted by molar-refractivity contribution is 5.41. The van der Waals surface area contributed by atoms with E-state index in [1.54, 1.807) is 19.2 Å². The van der Waals surface area contributed by atoms with E-state index in [1.165, 1.54) is 6.07 Å². The smallest absolute Gasteiger partial charge is 0.120 e. The zero-order chi connectivity index (χ0) is 12.3. The maximum Gasteiger partial charge on any atom is 0.120 e. The van der Waals surface area contributed by atoms with E-state index in [1.807, 2.05) is 13.8 Å². The van der Waals surface area contributed by atoms with Gasteiger partial charge in [0.05, 0.1) is 19.3 Å². The van der Waals surface area contributed by atoms with E-state index in [2.05, 4.69) is 0 Å². The summed E-state index contributed by atoms with van der Waals surface area (Å²) in [6.45, 7) is 3.75. The van der Waals surface area contributed by atoms with Crippen molar-refractivity contribution in [2.24, 2.45) is 11.7 Å². The van der Waals surface area contributed by atoms with Gasteiger partial charge in [-0.1, -0.05) is 13.8 Å². The van der Waals surface area contributed by atoms with Crippen LogP contribution in [0.15, 0.2) is 18.2 Å². The van der Waals surface area contributed by atoms with Crippen LogP contribution in [0.3, 0.4) is 0 Å². The minimum Gasteiger partial charge on any atom is -0.508 e. The Morgan fingerprint density at radius 1 is 1.31 bits per heavy atom. The second-order valence-corrected chi connectivity index (χ2v) is 4.19. The molecular formula is C12H19NO3. The lowest BCUT2D eigenvalue weighted by atomic mass is 9.94. The molecule has 0 aromatic heterocycles. The van der Waals surface area contributed by atoms with Crippen LogP contribution in [0.25, 0.3) is 0 Å². The van der Waals surface area contributed by atoms with E-state index < -0.39 is 12.1 Å². The van der Waals surface area contributed by atoms with Crippen LogP contribution in [0, 0.1) is 5.92 Å². The van der Waals surface area contributed by atoms with Crippen molar-refractivity contribution in [2.45, 2.75) is 26.0 Å². The molecule has 0 fully saturated rings. The number of aliphatic hydroxyl groups is 1. The second-order valence-electron chi connectivity index (χ2n) is 4.19. The van der Waals surface area contributed by atoms with Gasteiger partial charge in [0, 0.05) is 5.56 Å². The number of methoxy groups -OCH3 is 1. The lowest BCUT2D eigenvalue weighted by Crippen LogP contribution is -2.30. The van der Waals surface area contributed by atoms with Crippen LogP contribution < -0.4 is 10.5 Å². The average molecular weight is 225 g/mol. The molecular weight excluding hydrogens is 206 g/mol. The number of hydrogen-bond acceptors (Lipinski definition) is 4. The molecule has 4 N–H and O–H groups in total. The van der Waals surface area contributed by atoms with Gasteiger partial charge in [0.15, 0.2) is 0 Å². The summed E-state index contributed by atoms with van der Waals surface area (Å²) in [6, 6.07) is 4.19. The second kappa shape index (κ2) is 5.18. The molecule has 16 heavy (non-hydrogen) atoms. The number of phenols is 1. The molecule has 0 saturated heterocycles. The zero-order valence-corrected chi connectivity index (χ0v) is 9.84. The van der Waals surface area contributed by atoms with Crippen molar-refractivity contribution >= 4 is 0 Å². The number of benzene rings is 1. The van der Waals surface area contributed by atoms with Gasteiger partial charge in [0.1, 0.15) is 11.5 Å². The first-order valence-electron chi connectivity index (χ1n) is 5.28. The quantitative estimate of drug-likeness (QED) is 0.724. The largest absolute Gasteiger partial charge is 0.508 e. The molecule has 0 spiro atoms. The minimum absolute atomic E-state index is 0.0283. The third-order valence-corrected chi connectivity index (χ3v) is 2.64. The number of ether oxygens (including phenoxy) is 1. The topological polar surface area (TPSA) is 75.7 Å². The van der Waals surface area contributed by atoms with E-state index >= 15 is 0 Å². The summed E-state index contributed by atoms with van der Waals surface area (Å²) in [4.78, 5) is 0. The maximum absolute atomic E-state index is 9.86. The molecule has 1 aromatic rings. The summed E-state index contributed by atoms with van der Waals surface area (Å²) in [7, 11) is 1.54. The molecule has 0 bridgehead atoms. The molecule has 0 aliphatic carbocycles. The van der Waals surface area contributed by atoms with Crippen LogP contribution in [-0.4, -0.2) is 23.4 Å². The van der Waals surface area contributed by atoms with Crippen molar-refractivity contribution in [3.8, 4) is 11.5 Å². The van der Waals surface area contributed by atoms with Crippen molar-refractivity contribution in [2.75, 3.05) is 7.11 Å². The summed E-state index contributed by atoms with van der Waals surface area (Å²) in [5, 5.41) is 19.5. The van der Waals surface area contributed by atoms with Gasteiger partial charge in [0.25, 0.3) is 0 Å². The molecule has 2 atom stereocenters. The van der Waals surface area contributed by atoms with Crippen LogP contribution >= 0.6 is 0 Å². The highest BCUT2D eigenvalue weighted by Gasteiger charge is 2.22. The lowest BCUT2D eigenvalue weighted by molar-refractivity contribution is 0.0969. The highest BCUT2D eigenvalue weighted by atomic mass is 16.5. The Balaban J connectivity index is 3.02. The summed E-state index contributed by atoms with van der Waals surface area (Å²) in [5.41, 5.74) is 6.40. The SMILES string of the molecule is COc1ccc(O)c([C@H](N)[C@H](O)C(C)C)c1. The van der Waals surface area contributed by atoms with E-state index in [4.69, 9.17) is 10.5 Å². The molecule has 0 unspecified atom stereocenters. The lowest BCUT2D eigenvalue weighted by Gasteiger charge is -2.23. The predicted octanol–water partition coefficient (Wildman–Crippen LogP) is 1.42. The number of aliphatic hydroxyl groups excluding tert-OH is 1. The summed E-state index contributed by atoms with van der Waals surface area (Å²) in [5.74, 6) is 0.716. The highest BCUT2D eigenvalue weighted by Crippen LogP contribution is 2.30. The summed E-state index contributed by atoms with van der Waals surface area (Å²) in [6.07, 6.45) is -0.696. The van der Waals surface area contributed by atoms with Crippen LogP contribution in [0.2, 0.25) is 0 Å². The molecule has 90 valence electrons. The van der Waals surface area contributed by atoms with Gasteiger partial charge in [-0.3, -0.25) is 0 Å². The van der Waals surface area contributed by atoms with Gasteiger partial charge in [-0.05, 0) is 24.1 Å². The molecule has 0 amide bonds. The number of rotatable bonds is 4. The first-order chi connectivity index (χ1) is 7.47. The Bertz CT molecular complexity index is 352. The monoisotopic (exact) mass is 225 g/mol. The standard InChI is InChI=1S/C12H19NO3/c1-7(2)12(15)11(13)9-6-8(16-3)4-5-10(9)14/h4-7,11-12,14-15H,13H2,1-3H3/t11-,12+/m0/s1. The van der Waals surface area contributed by atoms with Crippen molar-refractivity contribution < 1.29 is 14.9 Å². The molecule has 1 aromatic carbocycles. The van der Waals surface area contributed by atoms with Crippen molar-refractivity contribution in [1.82, 2.24) is 0 Å². The number of phenolic OH excluding ortho intramolecular Hbond substituents is 1. The fourth-order valence-electron chi connectivity index (χ4n) is 1.53. The Labute approximate surface area is 95.7 Å². The third kappa shape index (κ3) is 2.65. The average Bonchev–Trinajstić information content (AvgIpc) is 2.27. The van der Waals surface area contributed by atoms with Crippen molar-refractivity contribution in [1.29, 1.82) is 0 Å². The number of hydrogen-bond donors (Lipinski definition) is 3. The molecule has 1 rings (SSSR count). The molecule has 0 saturated carbocycles. The zero-order valence-electron chi connectivity index (χ0n) is 9.84. The Morgan fingerprint density at radius 3 is 2.44 bits per heavy atom. The van der Waals surface area contributed by atoms with Gasteiger partial charge >= 0.3 is 0 Å². The van der Waals surface area contributed by atoms with Crippen LogP contribution in [0.4, 0.5) is 0 Å².